The summed E-state index contributed by atoms with van der Waals surface area (Å²) in [6.45, 7) is 3.56. The lowest BCUT2D eigenvalue weighted by Crippen LogP contribution is -2.54. The number of carbonyl (C=O) groups is 2. The molecule has 0 N–H and O–H groups in total. The number of rotatable bonds is 1. The predicted molar refractivity (Wildman–Crippen MR) is 76.4 cm³/mol. The highest BCUT2D eigenvalue weighted by Crippen LogP contribution is 2.45. The van der Waals surface area contributed by atoms with E-state index in [2.05, 4.69) is 6.58 Å². The maximum Gasteiger partial charge on any atom is 0.251 e. The van der Waals surface area contributed by atoms with Crippen molar-refractivity contribution in [1.82, 2.24) is 0 Å². The van der Waals surface area contributed by atoms with Crippen molar-refractivity contribution in [2.24, 2.45) is 0 Å². The van der Waals surface area contributed by atoms with Crippen LogP contribution in [0.25, 0.3) is 0 Å². The van der Waals surface area contributed by atoms with Gasteiger partial charge in [-0.2, -0.15) is 0 Å². The lowest BCUT2D eigenvalue weighted by molar-refractivity contribution is -0.124. The van der Waals surface area contributed by atoms with Crippen LogP contribution in [0.3, 0.4) is 0 Å². The normalized spacial score (nSPS) is 25.5. The molecule has 2 atom stereocenters. The third kappa shape index (κ3) is 2.00. The second kappa shape index (κ2) is 4.85. The van der Waals surface area contributed by atoms with E-state index in [1.54, 1.807) is 16.7 Å². The van der Waals surface area contributed by atoms with Gasteiger partial charge < -0.3 is 0 Å². The van der Waals surface area contributed by atoms with Crippen LogP contribution < -0.4 is 4.90 Å². The summed E-state index contributed by atoms with van der Waals surface area (Å²) in [6.07, 6.45) is 3.78. The summed E-state index contributed by atoms with van der Waals surface area (Å²) in [4.78, 5) is 27.1. The highest BCUT2D eigenvalue weighted by atomic mass is 32.2. The van der Waals surface area contributed by atoms with E-state index in [1.807, 2.05) is 24.3 Å². The van der Waals surface area contributed by atoms with Gasteiger partial charge in [0.1, 0.15) is 6.04 Å². The van der Waals surface area contributed by atoms with Crippen LogP contribution in [0.2, 0.25) is 0 Å². The van der Waals surface area contributed by atoms with Crippen LogP contribution in [0.5, 0.6) is 0 Å². The van der Waals surface area contributed by atoms with Crippen LogP contribution in [-0.2, 0) is 9.59 Å². The molecule has 0 bridgehead atoms. The third-order valence-corrected chi connectivity index (χ3v) is 5.08. The van der Waals surface area contributed by atoms with Crippen molar-refractivity contribution in [2.45, 2.75) is 35.4 Å². The molecule has 1 saturated carbocycles. The van der Waals surface area contributed by atoms with E-state index in [0.717, 1.165) is 23.4 Å². The number of thioether (sulfide) groups is 1. The molecule has 1 fully saturated rings. The largest absolute Gasteiger partial charge is 0.297 e. The molecule has 1 aromatic rings. The van der Waals surface area contributed by atoms with Crippen LogP contribution in [0.15, 0.2) is 41.8 Å². The Balaban J connectivity index is 2.11. The van der Waals surface area contributed by atoms with Crippen molar-refractivity contribution in [3.05, 3.63) is 36.9 Å². The standard InChI is InChI=1S/C15H15NO2S/c1-2-14(18)16-10-6-3-4-8-12(10)19-13-9-5-7-11(17)15(13)16/h2-4,6,8,13,15H,1,5,7,9H2. The summed E-state index contributed by atoms with van der Waals surface area (Å²) < 4.78 is 0. The summed E-state index contributed by atoms with van der Waals surface area (Å²) in [5.41, 5.74) is 0.842. The molecule has 4 heteroatoms. The Bertz CT molecular complexity index is 555. The number of Topliss-reactive ketones (excluding diaryl/α,β-unsaturated/α-hetero) is 1. The number of carbonyl (C=O) groups excluding carboxylic acids is 2. The highest BCUT2D eigenvalue weighted by molar-refractivity contribution is 8.00. The number of para-hydroxylation sites is 1. The van der Waals surface area contributed by atoms with Crippen molar-refractivity contribution in [2.75, 3.05) is 4.90 Å². The predicted octanol–water partition coefficient (Wildman–Crippen LogP) is 2.80. The zero-order chi connectivity index (χ0) is 13.4. The third-order valence-electron chi connectivity index (χ3n) is 3.69. The molecule has 0 radical (unpaired) electrons. The first-order valence-electron chi connectivity index (χ1n) is 6.46. The molecule has 1 aliphatic heterocycles. The molecule has 1 aromatic carbocycles. The molecule has 1 amide bonds. The molecule has 1 aliphatic carbocycles. The van der Waals surface area contributed by atoms with Gasteiger partial charge in [-0.15, -0.1) is 11.8 Å². The Hall–Kier alpha value is -1.55. The fourth-order valence-corrected chi connectivity index (χ4v) is 4.30. The van der Waals surface area contributed by atoms with Crippen molar-refractivity contribution in [3.63, 3.8) is 0 Å². The fourth-order valence-electron chi connectivity index (χ4n) is 2.85. The summed E-state index contributed by atoms with van der Waals surface area (Å²) in [6, 6.07) is 7.46. The topological polar surface area (TPSA) is 37.4 Å². The first kappa shape index (κ1) is 12.5. The lowest BCUT2D eigenvalue weighted by Gasteiger charge is -2.42. The molecule has 2 unspecified atom stereocenters. The summed E-state index contributed by atoms with van der Waals surface area (Å²) >= 11 is 1.73. The minimum absolute atomic E-state index is 0.174. The SMILES string of the molecule is C=CC(=O)N1c2ccccc2SC2CCCC(=O)C21. The molecule has 0 spiro atoms. The average Bonchev–Trinajstić information content (AvgIpc) is 2.44. The monoisotopic (exact) mass is 273 g/mol. The molecule has 3 nitrogen and oxygen atoms in total. The van der Waals surface area contributed by atoms with Gasteiger partial charge in [-0.05, 0) is 31.1 Å². The Kier molecular flexibility index (Phi) is 3.19. The fraction of sp³-hybridized carbons (Fsp3) is 0.333. The molecular weight excluding hydrogens is 258 g/mol. The Morgan fingerprint density at radius 1 is 1.42 bits per heavy atom. The van der Waals surface area contributed by atoms with Crippen molar-refractivity contribution < 1.29 is 9.59 Å². The molecule has 98 valence electrons. The number of hydrogen-bond donors (Lipinski definition) is 0. The van der Waals surface area contributed by atoms with E-state index < -0.39 is 0 Å². The quantitative estimate of drug-likeness (QED) is 0.738. The van der Waals surface area contributed by atoms with E-state index >= 15 is 0 Å². The van der Waals surface area contributed by atoms with Gasteiger partial charge in [0.05, 0.1) is 5.69 Å². The van der Waals surface area contributed by atoms with E-state index in [4.69, 9.17) is 0 Å². The van der Waals surface area contributed by atoms with Crippen molar-refractivity contribution >= 4 is 29.1 Å². The zero-order valence-corrected chi connectivity index (χ0v) is 11.4. The van der Waals surface area contributed by atoms with E-state index in [-0.39, 0.29) is 23.0 Å². The maximum atomic E-state index is 12.2. The van der Waals surface area contributed by atoms with Gasteiger partial charge in [0.15, 0.2) is 5.78 Å². The number of anilines is 1. The van der Waals surface area contributed by atoms with Crippen LogP contribution in [0, 0.1) is 0 Å². The minimum atomic E-state index is -0.320. The van der Waals surface area contributed by atoms with Crippen molar-refractivity contribution in [3.8, 4) is 0 Å². The molecule has 1 heterocycles. The average molecular weight is 273 g/mol. The van der Waals surface area contributed by atoms with Crippen LogP contribution in [0.1, 0.15) is 19.3 Å². The minimum Gasteiger partial charge on any atom is -0.297 e. The van der Waals surface area contributed by atoms with Gasteiger partial charge in [0.2, 0.25) is 0 Å². The van der Waals surface area contributed by atoms with E-state index in [9.17, 15) is 9.59 Å². The van der Waals surface area contributed by atoms with Crippen LogP contribution in [0.4, 0.5) is 5.69 Å². The van der Waals surface area contributed by atoms with Gasteiger partial charge in [-0.1, -0.05) is 18.7 Å². The number of ketones is 1. The van der Waals surface area contributed by atoms with Gasteiger partial charge >= 0.3 is 0 Å². The number of benzene rings is 1. The maximum absolute atomic E-state index is 12.2. The molecule has 0 saturated heterocycles. The molecule has 3 rings (SSSR count). The first-order chi connectivity index (χ1) is 9.22. The second-order valence-electron chi connectivity index (χ2n) is 4.84. The van der Waals surface area contributed by atoms with E-state index in [1.165, 1.54) is 6.08 Å². The molecule has 19 heavy (non-hydrogen) atoms. The molecular formula is C15H15NO2S. The molecule has 0 aromatic heterocycles. The number of nitrogens with zero attached hydrogens (tertiary/aromatic N) is 1. The molecule has 2 aliphatic rings. The number of amides is 1. The summed E-state index contributed by atoms with van der Waals surface area (Å²) in [5.74, 6) is -0.00791. The number of fused-ring (bicyclic) bond motifs is 2. The Morgan fingerprint density at radius 3 is 3.00 bits per heavy atom. The Labute approximate surface area is 116 Å². The highest BCUT2D eigenvalue weighted by Gasteiger charge is 2.43. The van der Waals surface area contributed by atoms with Crippen molar-refractivity contribution in [1.29, 1.82) is 0 Å². The van der Waals surface area contributed by atoms with Crippen LogP contribution in [-0.4, -0.2) is 23.0 Å². The van der Waals surface area contributed by atoms with Gasteiger partial charge in [0, 0.05) is 16.6 Å². The number of hydrogen-bond acceptors (Lipinski definition) is 3. The van der Waals surface area contributed by atoms with Crippen LogP contribution >= 0.6 is 11.8 Å². The summed E-state index contributed by atoms with van der Waals surface area (Å²) in [5, 5.41) is 0.181. The second-order valence-corrected chi connectivity index (χ2v) is 6.12. The first-order valence-corrected chi connectivity index (χ1v) is 7.34. The van der Waals surface area contributed by atoms with Gasteiger partial charge in [-0.3, -0.25) is 14.5 Å². The Morgan fingerprint density at radius 2 is 2.21 bits per heavy atom. The summed E-state index contributed by atoms with van der Waals surface area (Å²) in [7, 11) is 0. The van der Waals surface area contributed by atoms with Gasteiger partial charge in [-0.25, -0.2) is 0 Å². The smallest absolute Gasteiger partial charge is 0.251 e. The van der Waals surface area contributed by atoms with Gasteiger partial charge in [0.25, 0.3) is 5.91 Å². The zero-order valence-electron chi connectivity index (χ0n) is 10.5. The lowest BCUT2D eigenvalue weighted by atomic mass is 9.91. The van der Waals surface area contributed by atoms with E-state index in [0.29, 0.717) is 6.42 Å².